The molecule has 0 bridgehead atoms. The summed E-state index contributed by atoms with van der Waals surface area (Å²) in [4.78, 5) is 20.0. The van der Waals surface area contributed by atoms with Gasteiger partial charge in [-0.15, -0.1) is 0 Å². The van der Waals surface area contributed by atoms with Gasteiger partial charge in [0.05, 0.1) is 9.82 Å². The van der Waals surface area contributed by atoms with Crippen molar-refractivity contribution in [2.24, 2.45) is 0 Å². The van der Waals surface area contributed by atoms with Crippen molar-refractivity contribution >= 4 is 21.5 Å². The van der Waals surface area contributed by atoms with Crippen molar-refractivity contribution in [3.05, 3.63) is 33.9 Å². The number of benzene rings is 1. The second-order valence-corrected chi connectivity index (χ2v) is 5.03. The normalized spacial score (nSPS) is 11.1. The van der Waals surface area contributed by atoms with Gasteiger partial charge < -0.3 is 5.11 Å². The van der Waals surface area contributed by atoms with Gasteiger partial charge in [0.25, 0.3) is 5.69 Å². The van der Waals surface area contributed by atoms with Gasteiger partial charge in [-0.05, 0) is 12.1 Å². The van der Waals surface area contributed by atoms with E-state index in [-0.39, 0.29) is 4.90 Å². The van der Waals surface area contributed by atoms with Crippen LogP contribution in [0.15, 0.2) is 23.1 Å². The Kier molecular flexibility index (Phi) is 2.95. The number of hydrogen-bond donors (Lipinski definition) is 1. The topological polar surface area (TPSA) is 115 Å². The summed E-state index contributed by atoms with van der Waals surface area (Å²) in [6.45, 7) is 0. The lowest BCUT2D eigenvalue weighted by Gasteiger charge is -2.01. The van der Waals surface area contributed by atoms with Crippen molar-refractivity contribution in [3.63, 3.8) is 0 Å². The molecule has 0 unspecified atom stereocenters. The summed E-state index contributed by atoms with van der Waals surface area (Å²) in [6, 6.07) is 2.65. The quantitative estimate of drug-likeness (QED) is 0.619. The van der Waals surface area contributed by atoms with Gasteiger partial charge in [-0.1, -0.05) is 0 Å². The van der Waals surface area contributed by atoms with Gasteiger partial charge in [-0.2, -0.15) is 0 Å². The zero-order chi connectivity index (χ0) is 12.5. The Morgan fingerprint density at radius 1 is 1.44 bits per heavy atom. The molecule has 0 radical (unpaired) electrons. The molecule has 8 heteroatoms. The summed E-state index contributed by atoms with van der Waals surface area (Å²) in [5.74, 6) is -1.48. The monoisotopic (exact) mass is 245 g/mol. The van der Waals surface area contributed by atoms with Crippen LogP contribution in [-0.4, -0.2) is 30.7 Å². The van der Waals surface area contributed by atoms with Crippen molar-refractivity contribution in [2.45, 2.75) is 4.90 Å². The average Bonchev–Trinajstić information content (AvgIpc) is 2.15. The highest BCUT2D eigenvalue weighted by atomic mass is 32.2. The predicted molar refractivity (Wildman–Crippen MR) is 53.2 cm³/mol. The van der Waals surface area contributed by atoms with E-state index < -0.39 is 32.0 Å². The van der Waals surface area contributed by atoms with Gasteiger partial charge in [0.15, 0.2) is 9.84 Å². The molecule has 1 rings (SSSR count). The van der Waals surface area contributed by atoms with E-state index in [9.17, 15) is 23.3 Å². The zero-order valence-electron chi connectivity index (χ0n) is 8.08. The Hall–Kier alpha value is -1.96. The maximum atomic E-state index is 11.1. The second kappa shape index (κ2) is 3.89. The van der Waals surface area contributed by atoms with Crippen molar-refractivity contribution < 1.29 is 23.2 Å². The lowest BCUT2D eigenvalue weighted by Crippen LogP contribution is -2.05. The van der Waals surface area contributed by atoms with Crippen LogP contribution < -0.4 is 0 Å². The second-order valence-electron chi connectivity index (χ2n) is 3.01. The van der Waals surface area contributed by atoms with Crippen LogP contribution in [0, 0.1) is 10.1 Å². The van der Waals surface area contributed by atoms with E-state index in [4.69, 9.17) is 5.11 Å². The maximum Gasteiger partial charge on any atom is 0.342 e. The molecule has 0 aromatic heterocycles. The summed E-state index contributed by atoms with van der Waals surface area (Å²) in [5, 5.41) is 19.2. The van der Waals surface area contributed by atoms with Crippen LogP contribution in [0.4, 0.5) is 5.69 Å². The third-order valence-electron chi connectivity index (χ3n) is 1.82. The van der Waals surface area contributed by atoms with E-state index in [0.29, 0.717) is 0 Å². The summed E-state index contributed by atoms with van der Waals surface area (Å²) >= 11 is 0. The third kappa shape index (κ3) is 2.34. The predicted octanol–water partition coefficient (Wildman–Crippen LogP) is 0.697. The minimum Gasteiger partial charge on any atom is -0.477 e. The molecule has 7 nitrogen and oxygen atoms in total. The molecule has 0 aliphatic carbocycles. The average molecular weight is 245 g/mol. The Labute approximate surface area is 90.4 Å². The smallest absolute Gasteiger partial charge is 0.342 e. The molecule has 1 aromatic carbocycles. The Bertz CT molecular complexity index is 562. The lowest BCUT2D eigenvalue weighted by molar-refractivity contribution is -0.385. The molecular formula is C8H7NO6S. The van der Waals surface area contributed by atoms with Gasteiger partial charge in [0.2, 0.25) is 0 Å². The molecule has 86 valence electrons. The molecule has 0 amide bonds. The molecule has 0 saturated carbocycles. The van der Waals surface area contributed by atoms with Crippen LogP contribution in [0.25, 0.3) is 0 Å². The fraction of sp³-hybridized carbons (Fsp3) is 0.125. The van der Waals surface area contributed by atoms with E-state index in [1.807, 2.05) is 0 Å². The SMILES string of the molecule is CS(=O)(=O)c1ccc(C(=O)O)c([N+](=O)[O-])c1. The number of carbonyl (C=O) groups is 1. The minimum atomic E-state index is -3.60. The number of carboxylic acids is 1. The fourth-order valence-corrected chi connectivity index (χ4v) is 1.71. The van der Waals surface area contributed by atoms with E-state index in [0.717, 1.165) is 24.5 Å². The van der Waals surface area contributed by atoms with Gasteiger partial charge in [0, 0.05) is 12.3 Å². The number of hydrogen-bond acceptors (Lipinski definition) is 5. The number of nitro groups is 1. The molecule has 0 atom stereocenters. The summed E-state index contributed by atoms with van der Waals surface area (Å²) in [5.41, 5.74) is -1.28. The van der Waals surface area contributed by atoms with Crippen molar-refractivity contribution in [2.75, 3.05) is 6.26 Å². The highest BCUT2D eigenvalue weighted by Crippen LogP contribution is 2.22. The van der Waals surface area contributed by atoms with E-state index in [1.54, 1.807) is 0 Å². The number of sulfone groups is 1. The fourth-order valence-electron chi connectivity index (χ4n) is 1.07. The molecule has 0 aliphatic heterocycles. The maximum absolute atomic E-state index is 11.1. The molecule has 0 aliphatic rings. The van der Waals surface area contributed by atoms with Crippen molar-refractivity contribution in [3.8, 4) is 0 Å². The van der Waals surface area contributed by atoms with Crippen LogP contribution in [0.1, 0.15) is 10.4 Å². The number of aromatic carboxylic acids is 1. The first-order chi connectivity index (χ1) is 7.23. The summed E-state index contributed by atoms with van der Waals surface area (Å²) in [7, 11) is -3.60. The van der Waals surface area contributed by atoms with E-state index >= 15 is 0 Å². The van der Waals surface area contributed by atoms with Crippen LogP contribution in [0.3, 0.4) is 0 Å². The highest BCUT2D eigenvalue weighted by molar-refractivity contribution is 7.90. The summed E-state index contributed by atoms with van der Waals surface area (Å²) < 4.78 is 22.2. The highest BCUT2D eigenvalue weighted by Gasteiger charge is 2.22. The van der Waals surface area contributed by atoms with E-state index in [1.165, 1.54) is 0 Å². The first-order valence-electron chi connectivity index (χ1n) is 3.95. The number of nitrogens with zero attached hydrogens (tertiary/aromatic N) is 1. The largest absolute Gasteiger partial charge is 0.477 e. The third-order valence-corrected chi connectivity index (χ3v) is 2.93. The lowest BCUT2D eigenvalue weighted by atomic mass is 10.2. The van der Waals surface area contributed by atoms with Gasteiger partial charge in [0.1, 0.15) is 5.56 Å². The van der Waals surface area contributed by atoms with Gasteiger partial charge in [-0.3, -0.25) is 10.1 Å². The molecule has 0 spiro atoms. The zero-order valence-corrected chi connectivity index (χ0v) is 8.89. The molecule has 0 fully saturated rings. The van der Waals surface area contributed by atoms with Crippen LogP contribution >= 0.6 is 0 Å². The number of rotatable bonds is 3. The van der Waals surface area contributed by atoms with Crippen molar-refractivity contribution in [1.29, 1.82) is 0 Å². The molecule has 0 heterocycles. The molecule has 16 heavy (non-hydrogen) atoms. The Balaban J connectivity index is 3.52. The van der Waals surface area contributed by atoms with Gasteiger partial charge >= 0.3 is 5.97 Å². The van der Waals surface area contributed by atoms with E-state index in [2.05, 4.69) is 0 Å². The van der Waals surface area contributed by atoms with Crippen LogP contribution in [0.2, 0.25) is 0 Å². The standard InChI is InChI=1S/C8H7NO6S/c1-16(14,15)5-2-3-6(8(10)11)7(4-5)9(12)13/h2-4H,1H3,(H,10,11). The number of nitro benzene ring substituents is 1. The van der Waals surface area contributed by atoms with Crippen LogP contribution in [0.5, 0.6) is 0 Å². The molecule has 1 N–H and O–H groups in total. The number of carboxylic acid groups (broad SMARTS) is 1. The molecular weight excluding hydrogens is 238 g/mol. The first kappa shape index (κ1) is 12.1. The summed E-state index contributed by atoms with van der Waals surface area (Å²) in [6.07, 6.45) is 0.881. The Morgan fingerprint density at radius 2 is 2.00 bits per heavy atom. The van der Waals surface area contributed by atoms with Crippen LogP contribution in [-0.2, 0) is 9.84 Å². The first-order valence-corrected chi connectivity index (χ1v) is 5.84. The molecule has 0 saturated heterocycles. The Morgan fingerprint density at radius 3 is 2.38 bits per heavy atom. The van der Waals surface area contributed by atoms with Gasteiger partial charge in [-0.25, -0.2) is 13.2 Å². The van der Waals surface area contributed by atoms with Crippen molar-refractivity contribution in [1.82, 2.24) is 0 Å². The minimum absolute atomic E-state index is 0.288. The molecule has 1 aromatic rings.